The van der Waals surface area contributed by atoms with Gasteiger partial charge in [-0.25, -0.2) is 9.07 Å². The summed E-state index contributed by atoms with van der Waals surface area (Å²) in [6.45, 7) is 9.05. The normalized spacial score (nSPS) is 12.3. The van der Waals surface area contributed by atoms with Crippen molar-refractivity contribution in [1.29, 1.82) is 0 Å². The molecule has 1 heterocycles. The number of halogens is 1. The van der Waals surface area contributed by atoms with Crippen molar-refractivity contribution in [2.45, 2.75) is 45.4 Å². The molecular formula is C26H32FN3O2. The lowest BCUT2D eigenvalue weighted by molar-refractivity contribution is 0.0851. The van der Waals surface area contributed by atoms with E-state index in [-0.39, 0.29) is 11.9 Å². The van der Waals surface area contributed by atoms with Crippen molar-refractivity contribution in [3.8, 4) is 22.9 Å². The van der Waals surface area contributed by atoms with Crippen molar-refractivity contribution in [3.63, 3.8) is 0 Å². The number of aryl methyl sites for hydroxylation is 1. The summed E-state index contributed by atoms with van der Waals surface area (Å²) >= 11 is 0. The Morgan fingerprint density at radius 3 is 2.47 bits per heavy atom. The molecule has 1 unspecified atom stereocenters. The topological polar surface area (TPSA) is 50.5 Å². The maximum absolute atomic E-state index is 13.4. The van der Waals surface area contributed by atoms with Gasteiger partial charge in [-0.3, -0.25) is 4.90 Å². The molecule has 0 radical (unpaired) electrons. The van der Waals surface area contributed by atoms with Crippen LogP contribution in [0.1, 0.15) is 32.3 Å². The van der Waals surface area contributed by atoms with Crippen LogP contribution in [-0.4, -0.2) is 38.5 Å². The fourth-order valence-corrected chi connectivity index (χ4v) is 3.60. The third-order valence-electron chi connectivity index (χ3n) is 5.40. The Hall–Kier alpha value is -2.96. The van der Waals surface area contributed by atoms with E-state index in [0.717, 1.165) is 23.2 Å². The van der Waals surface area contributed by atoms with Crippen molar-refractivity contribution < 1.29 is 14.2 Å². The molecule has 170 valence electrons. The summed E-state index contributed by atoms with van der Waals surface area (Å²) < 4.78 is 21.3. The van der Waals surface area contributed by atoms with Crippen LogP contribution >= 0.6 is 0 Å². The van der Waals surface area contributed by atoms with Crippen LogP contribution in [0.2, 0.25) is 0 Å². The van der Waals surface area contributed by atoms with Gasteiger partial charge in [-0.15, -0.1) is 6.58 Å². The molecule has 0 aliphatic carbocycles. The highest BCUT2D eigenvalue weighted by atomic mass is 19.1. The molecule has 3 aromatic rings. The number of nitrogens with zero attached hydrogens (tertiary/aromatic N) is 3. The lowest BCUT2D eigenvalue weighted by Gasteiger charge is -2.29. The minimum Gasteiger partial charge on any atom is -0.439 e. The summed E-state index contributed by atoms with van der Waals surface area (Å²) in [6.07, 6.45) is 2.82. The highest BCUT2D eigenvalue weighted by molar-refractivity contribution is 5.65. The van der Waals surface area contributed by atoms with Crippen LogP contribution in [0.5, 0.6) is 11.6 Å². The molecule has 1 N–H and O–H groups in total. The zero-order valence-electron chi connectivity index (χ0n) is 19.0. The average molecular weight is 438 g/mol. The van der Waals surface area contributed by atoms with Gasteiger partial charge in [-0.2, -0.15) is 5.10 Å². The van der Waals surface area contributed by atoms with E-state index in [0.29, 0.717) is 31.1 Å². The van der Waals surface area contributed by atoms with Gasteiger partial charge in [0.15, 0.2) is 0 Å². The number of aromatic nitrogens is 2. The molecule has 0 saturated carbocycles. The third-order valence-corrected chi connectivity index (χ3v) is 5.40. The maximum atomic E-state index is 13.4. The van der Waals surface area contributed by atoms with E-state index in [1.165, 1.54) is 12.1 Å². The Labute approximate surface area is 189 Å². The van der Waals surface area contributed by atoms with Crippen molar-refractivity contribution in [2.75, 3.05) is 6.54 Å². The Kier molecular flexibility index (Phi) is 8.20. The predicted octanol–water partition coefficient (Wildman–Crippen LogP) is 5.56. The number of benzene rings is 2. The van der Waals surface area contributed by atoms with Crippen molar-refractivity contribution in [3.05, 3.63) is 78.6 Å². The van der Waals surface area contributed by atoms with Gasteiger partial charge in [-0.05, 0) is 51.0 Å². The molecule has 2 aromatic carbocycles. The zero-order valence-corrected chi connectivity index (χ0v) is 19.0. The lowest BCUT2D eigenvalue weighted by atomic mass is 10.1. The van der Waals surface area contributed by atoms with E-state index in [1.54, 1.807) is 16.8 Å². The van der Waals surface area contributed by atoms with Crippen LogP contribution in [0.3, 0.4) is 0 Å². The van der Waals surface area contributed by atoms with Crippen molar-refractivity contribution in [2.24, 2.45) is 7.05 Å². The van der Waals surface area contributed by atoms with E-state index in [1.807, 2.05) is 43.5 Å². The van der Waals surface area contributed by atoms with Crippen LogP contribution in [0, 0.1) is 5.82 Å². The molecule has 6 heteroatoms. The van der Waals surface area contributed by atoms with Crippen LogP contribution in [-0.2, 0) is 13.6 Å². The fraction of sp³-hybridized carbons (Fsp3) is 0.346. The zero-order chi connectivity index (χ0) is 23.1. The van der Waals surface area contributed by atoms with E-state index in [4.69, 9.17) is 9.84 Å². The van der Waals surface area contributed by atoms with Crippen LogP contribution in [0.15, 0.2) is 67.3 Å². The van der Waals surface area contributed by atoms with Gasteiger partial charge >= 0.3 is 0 Å². The summed E-state index contributed by atoms with van der Waals surface area (Å²) in [5.41, 5.74) is 2.74. The Morgan fingerprint density at radius 1 is 1.16 bits per heavy atom. The predicted molar refractivity (Wildman–Crippen MR) is 126 cm³/mol. The van der Waals surface area contributed by atoms with Gasteiger partial charge in [-0.1, -0.05) is 36.4 Å². The largest absolute Gasteiger partial charge is 0.439 e. The number of ether oxygens (including phenoxy) is 1. The van der Waals surface area contributed by atoms with Crippen molar-refractivity contribution >= 4 is 0 Å². The Balaban J connectivity index is 1.98. The van der Waals surface area contributed by atoms with Crippen molar-refractivity contribution in [1.82, 2.24) is 14.7 Å². The van der Waals surface area contributed by atoms with Crippen LogP contribution < -0.4 is 4.74 Å². The van der Waals surface area contributed by atoms with E-state index in [2.05, 4.69) is 25.3 Å². The second-order valence-corrected chi connectivity index (χ2v) is 8.22. The standard InChI is InChI=1S/C26H32FN3O2/c1-5-6-12-22(31)17-30(19(2)3)18-24-25(20-10-8-7-9-11-20)28-29(4)26(24)32-23-15-13-21(27)14-16-23/h5,7-11,13-16,19,22,31H,1,6,12,17-18H2,2-4H3. The second-order valence-electron chi connectivity index (χ2n) is 8.22. The third kappa shape index (κ3) is 6.05. The summed E-state index contributed by atoms with van der Waals surface area (Å²) in [5.74, 6) is 0.825. The van der Waals surface area contributed by atoms with Gasteiger partial charge < -0.3 is 9.84 Å². The maximum Gasteiger partial charge on any atom is 0.222 e. The van der Waals surface area contributed by atoms with E-state index in [9.17, 15) is 9.50 Å². The monoisotopic (exact) mass is 437 g/mol. The van der Waals surface area contributed by atoms with Gasteiger partial charge in [0.05, 0.1) is 11.7 Å². The molecule has 1 aromatic heterocycles. The smallest absolute Gasteiger partial charge is 0.222 e. The van der Waals surface area contributed by atoms with Crippen LogP contribution in [0.25, 0.3) is 11.3 Å². The number of hydrogen-bond donors (Lipinski definition) is 1. The lowest BCUT2D eigenvalue weighted by Crippen LogP contribution is -2.37. The molecule has 3 rings (SSSR count). The highest BCUT2D eigenvalue weighted by Crippen LogP contribution is 2.34. The second kappa shape index (κ2) is 11.1. The molecule has 0 spiro atoms. The van der Waals surface area contributed by atoms with Gasteiger partial charge in [0.2, 0.25) is 5.88 Å². The van der Waals surface area contributed by atoms with E-state index < -0.39 is 6.10 Å². The molecule has 0 saturated heterocycles. The van der Waals surface area contributed by atoms with Crippen LogP contribution in [0.4, 0.5) is 4.39 Å². The number of rotatable bonds is 11. The molecule has 0 fully saturated rings. The van der Waals surface area contributed by atoms with E-state index >= 15 is 0 Å². The first-order valence-corrected chi connectivity index (χ1v) is 11.0. The fourth-order valence-electron chi connectivity index (χ4n) is 3.60. The first-order chi connectivity index (χ1) is 15.4. The summed E-state index contributed by atoms with van der Waals surface area (Å²) in [5, 5.41) is 15.3. The molecule has 32 heavy (non-hydrogen) atoms. The number of hydrogen-bond acceptors (Lipinski definition) is 4. The number of allylic oxidation sites excluding steroid dienone is 1. The van der Waals surface area contributed by atoms with Gasteiger partial charge in [0, 0.05) is 31.7 Å². The SMILES string of the molecule is C=CCCC(O)CN(Cc1c(-c2ccccc2)nn(C)c1Oc1ccc(F)cc1)C(C)C. The van der Waals surface area contributed by atoms with Gasteiger partial charge in [0.25, 0.3) is 0 Å². The first-order valence-electron chi connectivity index (χ1n) is 11.0. The number of aliphatic hydroxyl groups is 1. The molecule has 5 nitrogen and oxygen atoms in total. The summed E-state index contributed by atoms with van der Waals surface area (Å²) in [6, 6.07) is 16.1. The molecule has 0 aliphatic heterocycles. The minimum absolute atomic E-state index is 0.205. The molecule has 0 amide bonds. The Bertz CT molecular complexity index is 1000. The molecule has 1 atom stereocenters. The number of aliphatic hydroxyl groups excluding tert-OH is 1. The highest BCUT2D eigenvalue weighted by Gasteiger charge is 2.24. The first kappa shape index (κ1) is 23.7. The quantitative estimate of drug-likeness (QED) is 0.399. The molecular weight excluding hydrogens is 405 g/mol. The summed E-state index contributed by atoms with van der Waals surface area (Å²) in [7, 11) is 1.84. The van der Waals surface area contributed by atoms with Gasteiger partial charge in [0.1, 0.15) is 17.3 Å². The summed E-state index contributed by atoms with van der Waals surface area (Å²) in [4.78, 5) is 2.22. The average Bonchev–Trinajstić information content (AvgIpc) is 3.09. The molecule has 0 bridgehead atoms. The molecule has 0 aliphatic rings. The Morgan fingerprint density at radius 2 is 1.84 bits per heavy atom. The minimum atomic E-state index is -0.450.